The lowest BCUT2D eigenvalue weighted by atomic mass is 10.1. The van der Waals surface area contributed by atoms with Crippen LogP contribution < -0.4 is 5.32 Å². The first-order chi connectivity index (χ1) is 11.1. The second-order valence-electron chi connectivity index (χ2n) is 4.21. The van der Waals surface area contributed by atoms with Gasteiger partial charge in [-0.05, 0) is 18.4 Å². The molecular formula is C13H8F2N4O2S2. The fourth-order valence-corrected chi connectivity index (χ4v) is 2.88. The van der Waals surface area contributed by atoms with Crippen molar-refractivity contribution in [3.63, 3.8) is 0 Å². The van der Waals surface area contributed by atoms with E-state index in [0.717, 1.165) is 6.07 Å². The second kappa shape index (κ2) is 6.42. The fraction of sp³-hybridized carbons (Fsp3) is 0.0769. The monoisotopic (exact) mass is 354 g/mol. The fourth-order valence-electron chi connectivity index (χ4n) is 1.71. The minimum absolute atomic E-state index is 0.0224. The summed E-state index contributed by atoms with van der Waals surface area (Å²) in [5.74, 6) is -2.81. The molecular weight excluding hydrogens is 346 g/mol. The minimum atomic E-state index is -1.05. The van der Waals surface area contributed by atoms with E-state index in [4.69, 9.17) is 4.52 Å². The number of rotatable bonds is 4. The van der Waals surface area contributed by atoms with Gasteiger partial charge in [0.05, 0.1) is 0 Å². The average molecular weight is 354 g/mol. The second-order valence-corrected chi connectivity index (χ2v) is 6.24. The molecule has 1 aromatic carbocycles. The number of hydrogen-bond acceptors (Lipinski definition) is 7. The normalized spacial score (nSPS) is 10.7. The number of nitrogens with one attached hydrogen (secondary N) is 1. The van der Waals surface area contributed by atoms with E-state index in [9.17, 15) is 13.6 Å². The average Bonchev–Trinajstić information content (AvgIpc) is 3.19. The smallest absolute Gasteiger partial charge is 0.296 e. The Balaban J connectivity index is 1.81. The zero-order valence-electron chi connectivity index (χ0n) is 11.5. The van der Waals surface area contributed by atoms with Crippen LogP contribution >= 0.6 is 23.1 Å². The molecule has 0 atom stereocenters. The predicted molar refractivity (Wildman–Crippen MR) is 81.5 cm³/mol. The minimum Gasteiger partial charge on any atom is -0.350 e. The van der Waals surface area contributed by atoms with Crippen LogP contribution in [0.2, 0.25) is 0 Å². The van der Waals surface area contributed by atoms with Gasteiger partial charge in [-0.15, -0.1) is 10.2 Å². The lowest BCUT2D eigenvalue weighted by Gasteiger charge is -1.98. The molecule has 0 saturated carbocycles. The van der Waals surface area contributed by atoms with Gasteiger partial charge in [0.15, 0.2) is 16.0 Å². The molecule has 10 heteroatoms. The van der Waals surface area contributed by atoms with Crippen LogP contribution in [0.4, 0.5) is 13.9 Å². The molecule has 0 saturated heterocycles. The van der Waals surface area contributed by atoms with E-state index in [1.165, 1.54) is 41.3 Å². The number of halogens is 2. The van der Waals surface area contributed by atoms with Crippen molar-refractivity contribution in [3.05, 3.63) is 41.7 Å². The summed E-state index contributed by atoms with van der Waals surface area (Å²) in [6.45, 7) is 0. The largest absolute Gasteiger partial charge is 0.350 e. The highest BCUT2D eigenvalue weighted by atomic mass is 32.2. The maximum atomic E-state index is 13.7. The molecule has 0 bridgehead atoms. The van der Waals surface area contributed by atoms with Crippen LogP contribution in [-0.4, -0.2) is 27.5 Å². The van der Waals surface area contributed by atoms with Crippen LogP contribution in [0, 0.1) is 11.6 Å². The summed E-state index contributed by atoms with van der Waals surface area (Å²) in [7, 11) is 0. The van der Waals surface area contributed by atoms with E-state index >= 15 is 0 Å². The Morgan fingerprint density at radius 1 is 1.35 bits per heavy atom. The quantitative estimate of drug-likeness (QED) is 0.571. The van der Waals surface area contributed by atoms with Crippen LogP contribution in [0.5, 0.6) is 0 Å². The molecule has 3 aromatic rings. The molecule has 0 aliphatic heterocycles. The number of hydrogen-bond donors (Lipinski definition) is 1. The van der Waals surface area contributed by atoms with Gasteiger partial charge in [-0.1, -0.05) is 34.3 Å². The third kappa shape index (κ3) is 3.22. The molecule has 6 nitrogen and oxygen atoms in total. The van der Waals surface area contributed by atoms with Crippen molar-refractivity contribution >= 4 is 34.1 Å². The number of aromatic nitrogens is 3. The molecule has 0 fully saturated rings. The Morgan fingerprint density at radius 3 is 2.91 bits per heavy atom. The number of anilines is 1. The van der Waals surface area contributed by atoms with Crippen LogP contribution in [-0.2, 0) is 0 Å². The summed E-state index contributed by atoms with van der Waals surface area (Å²) in [4.78, 5) is 12.0. The number of carbonyl (C=O) groups is 1. The number of benzene rings is 1. The first-order valence-corrected chi connectivity index (χ1v) is 8.22. The first-order valence-electron chi connectivity index (χ1n) is 6.18. The summed E-state index contributed by atoms with van der Waals surface area (Å²) in [5, 5.41) is 14.0. The third-order valence-electron chi connectivity index (χ3n) is 2.76. The molecule has 2 aromatic heterocycles. The van der Waals surface area contributed by atoms with Gasteiger partial charge < -0.3 is 4.52 Å². The summed E-state index contributed by atoms with van der Waals surface area (Å²) < 4.78 is 32.5. The van der Waals surface area contributed by atoms with Crippen molar-refractivity contribution in [2.75, 3.05) is 11.6 Å². The molecule has 1 amide bonds. The highest BCUT2D eigenvalue weighted by Crippen LogP contribution is 2.26. The lowest BCUT2D eigenvalue weighted by Crippen LogP contribution is -2.10. The van der Waals surface area contributed by atoms with E-state index in [1.54, 1.807) is 0 Å². The predicted octanol–water partition coefficient (Wildman–Crippen LogP) is 3.45. The van der Waals surface area contributed by atoms with Crippen molar-refractivity contribution in [2.45, 2.75) is 4.34 Å². The van der Waals surface area contributed by atoms with Crippen molar-refractivity contribution in [1.29, 1.82) is 0 Å². The van der Waals surface area contributed by atoms with Crippen molar-refractivity contribution in [1.82, 2.24) is 15.4 Å². The van der Waals surface area contributed by atoms with Gasteiger partial charge in [0.1, 0.15) is 5.69 Å². The van der Waals surface area contributed by atoms with E-state index in [1.807, 2.05) is 6.26 Å². The topological polar surface area (TPSA) is 80.9 Å². The van der Waals surface area contributed by atoms with Crippen molar-refractivity contribution in [3.8, 4) is 11.3 Å². The molecule has 0 unspecified atom stereocenters. The van der Waals surface area contributed by atoms with Crippen molar-refractivity contribution < 1.29 is 18.1 Å². The molecule has 118 valence electrons. The van der Waals surface area contributed by atoms with Crippen LogP contribution in [0.25, 0.3) is 11.3 Å². The Morgan fingerprint density at radius 2 is 2.17 bits per heavy atom. The summed E-state index contributed by atoms with van der Waals surface area (Å²) in [6.07, 6.45) is 1.84. The number of thioether (sulfide) groups is 1. The SMILES string of the molecule is CSc1nnc(NC(=O)c2cc(-c3cccc(F)c3F)no2)s1. The molecule has 1 N–H and O–H groups in total. The van der Waals surface area contributed by atoms with Gasteiger partial charge in [-0.3, -0.25) is 10.1 Å². The highest BCUT2D eigenvalue weighted by Gasteiger charge is 2.19. The van der Waals surface area contributed by atoms with Gasteiger partial charge in [0.25, 0.3) is 5.91 Å². The van der Waals surface area contributed by atoms with Gasteiger partial charge in [0, 0.05) is 11.6 Å². The Kier molecular flexibility index (Phi) is 4.35. The Hall–Kier alpha value is -2.33. The van der Waals surface area contributed by atoms with Crippen LogP contribution in [0.15, 0.2) is 33.1 Å². The zero-order chi connectivity index (χ0) is 16.4. The summed E-state index contributed by atoms with van der Waals surface area (Å²) >= 11 is 2.60. The molecule has 0 radical (unpaired) electrons. The first kappa shape index (κ1) is 15.6. The summed E-state index contributed by atoms with van der Waals surface area (Å²) in [5.41, 5.74) is -0.0670. The van der Waals surface area contributed by atoms with E-state index in [2.05, 4.69) is 20.7 Å². The van der Waals surface area contributed by atoms with Crippen LogP contribution in [0.1, 0.15) is 10.6 Å². The van der Waals surface area contributed by atoms with Crippen molar-refractivity contribution in [2.24, 2.45) is 0 Å². The van der Waals surface area contributed by atoms with Gasteiger partial charge in [-0.25, -0.2) is 8.78 Å². The molecule has 3 rings (SSSR count). The summed E-state index contributed by atoms with van der Waals surface area (Å²) in [6, 6.07) is 4.90. The molecule has 0 aliphatic carbocycles. The number of nitrogens with zero attached hydrogens (tertiary/aromatic N) is 3. The van der Waals surface area contributed by atoms with Gasteiger partial charge in [0.2, 0.25) is 10.9 Å². The molecule has 0 spiro atoms. The van der Waals surface area contributed by atoms with E-state index in [0.29, 0.717) is 9.47 Å². The lowest BCUT2D eigenvalue weighted by molar-refractivity contribution is 0.0988. The van der Waals surface area contributed by atoms with E-state index in [-0.39, 0.29) is 17.0 Å². The number of carbonyl (C=O) groups excluding carboxylic acids is 1. The third-order valence-corrected chi connectivity index (χ3v) is 4.58. The molecule has 0 aliphatic rings. The highest BCUT2D eigenvalue weighted by molar-refractivity contribution is 8.00. The van der Waals surface area contributed by atoms with Gasteiger partial charge in [-0.2, -0.15) is 0 Å². The standard InChI is InChI=1S/C13H8F2N4O2S2/c1-22-13-18-17-12(23-13)16-11(20)9-5-8(19-21-9)6-3-2-4-7(14)10(6)15/h2-5H,1H3,(H,16,17,20). The Bertz CT molecular complexity index is 865. The molecule has 23 heavy (non-hydrogen) atoms. The number of amides is 1. The zero-order valence-corrected chi connectivity index (χ0v) is 13.2. The maximum absolute atomic E-state index is 13.7. The Labute approximate surface area is 136 Å². The van der Waals surface area contributed by atoms with Gasteiger partial charge >= 0.3 is 0 Å². The van der Waals surface area contributed by atoms with Crippen LogP contribution in [0.3, 0.4) is 0 Å². The maximum Gasteiger partial charge on any atom is 0.296 e. The molecule has 2 heterocycles. The van der Waals surface area contributed by atoms with E-state index < -0.39 is 17.5 Å².